The summed E-state index contributed by atoms with van der Waals surface area (Å²) in [4.78, 5) is 7.49. The third-order valence-corrected chi connectivity index (χ3v) is 8.82. The predicted octanol–water partition coefficient (Wildman–Crippen LogP) is 5.51. The highest BCUT2D eigenvalue weighted by molar-refractivity contribution is 5.74. The molecule has 0 aromatic rings. The Kier molecular flexibility index (Phi) is 3.62. The second kappa shape index (κ2) is 5.96. The Morgan fingerprint density at radius 3 is 2.85 bits per heavy atom. The van der Waals surface area contributed by atoms with Crippen LogP contribution in [0.3, 0.4) is 0 Å². The monoisotopic (exact) mass is 360 g/mol. The molecule has 27 heavy (non-hydrogen) atoms. The van der Waals surface area contributed by atoms with Crippen molar-refractivity contribution in [3.05, 3.63) is 46.8 Å². The zero-order valence-electron chi connectivity index (χ0n) is 16.8. The first-order valence-electron chi connectivity index (χ1n) is 11.3. The summed E-state index contributed by atoms with van der Waals surface area (Å²) < 4.78 is 0. The van der Waals surface area contributed by atoms with Gasteiger partial charge in [-0.15, -0.1) is 0 Å². The highest BCUT2D eigenvalue weighted by Crippen LogP contribution is 2.58. The Bertz CT molecular complexity index is 802. The van der Waals surface area contributed by atoms with Crippen LogP contribution in [-0.4, -0.2) is 23.7 Å². The van der Waals surface area contributed by atoms with E-state index >= 15 is 0 Å². The summed E-state index contributed by atoms with van der Waals surface area (Å²) in [5, 5.41) is 0. The van der Waals surface area contributed by atoms with E-state index in [0.29, 0.717) is 12.0 Å². The summed E-state index contributed by atoms with van der Waals surface area (Å²) in [6.45, 7) is 5.93. The van der Waals surface area contributed by atoms with E-state index in [2.05, 4.69) is 54.3 Å². The van der Waals surface area contributed by atoms with Gasteiger partial charge in [-0.3, -0.25) is 4.99 Å². The Morgan fingerprint density at radius 1 is 1.11 bits per heavy atom. The molecule has 6 aliphatic rings. The third kappa shape index (κ3) is 2.34. The molecule has 1 saturated heterocycles. The lowest BCUT2D eigenvalue weighted by Crippen LogP contribution is -2.35. The molecule has 0 aromatic heterocycles. The van der Waals surface area contributed by atoms with Crippen LogP contribution in [0.4, 0.5) is 0 Å². The van der Waals surface area contributed by atoms with Crippen LogP contribution in [0, 0.1) is 35.5 Å². The number of nitrogens with zero attached hydrogens (tertiary/aromatic N) is 2. The molecule has 0 amide bonds. The molecule has 5 unspecified atom stereocenters. The molecule has 142 valence electrons. The SMILES string of the molecule is C[C@@H]1C(CC2CCC3C4=C2CC=C2C=CCCC2N4C2=CC=NCC23)[C@@H]1C. The maximum atomic E-state index is 4.67. The molecule has 2 fully saturated rings. The fraction of sp³-hybridized carbons (Fsp3) is 0.640. The van der Waals surface area contributed by atoms with Crippen LogP contribution in [0.15, 0.2) is 51.8 Å². The van der Waals surface area contributed by atoms with Crippen molar-refractivity contribution in [3.63, 3.8) is 0 Å². The molecule has 3 aliphatic carbocycles. The minimum absolute atomic E-state index is 0.574. The minimum Gasteiger partial charge on any atom is -0.341 e. The molecule has 3 heterocycles. The van der Waals surface area contributed by atoms with E-state index in [1.165, 1.54) is 38.5 Å². The van der Waals surface area contributed by atoms with Crippen molar-refractivity contribution < 1.29 is 0 Å². The minimum atomic E-state index is 0.574. The van der Waals surface area contributed by atoms with Crippen molar-refractivity contribution in [2.75, 3.05) is 6.54 Å². The highest BCUT2D eigenvalue weighted by Gasteiger charge is 2.51. The van der Waals surface area contributed by atoms with E-state index in [0.717, 1.165) is 36.1 Å². The average Bonchev–Trinajstić information content (AvgIpc) is 3.17. The zero-order valence-corrected chi connectivity index (χ0v) is 16.8. The molecule has 2 nitrogen and oxygen atoms in total. The van der Waals surface area contributed by atoms with Crippen LogP contribution in [0.1, 0.15) is 52.4 Å². The average molecular weight is 361 g/mol. The predicted molar refractivity (Wildman–Crippen MR) is 111 cm³/mol. The fourth-order valence-electron chi connectivity index (χ4n) is 6.98. The van der Waals surface area contributed by atoms with Gasteiger partial charge in [0.05, 0.1) is 6.04 Å². The maximum absolute atomic E-state index is 4.67. The van der Waals surface area contributed by atoms with Gasteiger partial charge in [0.25, 0.3) is 0 Å². The van der Waals surface area contributed by atoms with Gasteiger partial charge < -0.3 is 4.90 Å². The van der Waals surface area contributed by atoms with Gasteiger partial charge in [0, 0.05) is 36.0 Å². The van der Waals surface area contributed by atoms with Gasteiger partial charge in [0.1, 0.15) is 0 Å². The Hall–Kier alpha value is -1.57. The first-order chi connectivity index (χ1) is 13.2. The molecular formula is C25H32N2. The number of hydrogen-bond acceptors (Lipinski definition) is 2. The smallest absolute Gasteiger partial charge is 0.0585 e. The summed E-state index contributed by atoms with van der Waals surface area (Å²) in [6.07, 6.45) is 19.7. The van der Waals surface area contributed by atoms with E-state index in [1.807, 2.05) is 5.57 Å². The number of allylic oxidation sites excluding steroid dienone is 5. The lowest BCUT2D eigenvalue weighted by Gasteiger charge is -2.38. The standard InChI is InChI=1S/C25H32N2/c1-15-16(2)21(15)13-18-8-10-20-22-14-26-12-11-24(22)27-23-6-4-3-5-17(23)7-9-19(18)25(20)27/h3,5,7,11-12,15-16,18,20-23H,4,6,8-10,13-14H2,1-2H3/t15-,16+,18?,20?,21?,22?,23?. The van der Waals surface area contributed by atoms with Crippen molar-refractivity contribution in [1.82, 2.24) is 4.90 Å². The molecule has 0 aromatic carbocycles. The lowest BCUT2D eigenvalue weighted by atomic mass is 9.73. The molecule has 0 radical (unpaired) electrons. The van der Waals surface area contributed by atoms with Gasteiger partial charge in [-0.05, 0) is 79.4 Å². The number of rotatable bonds is 2. The molecular weight excluding hydrogens is 328 g/mol. The van der Waals surface area contributed by atoms with Gasteiger partial charge in [-0.25, -0.2) is 0 Å². The van der Waals surface area contributed by atoms with E-state index in [4.69, 9.17) is 0 Å². The Labute approximate surface area is 163 Å². The summed E-state index contributed by atoms with van der Waals surface area (Å²) in [7, 11) is 0. The van der Waals surface area contributed by atoms with E-state index in [9.17, 15) is 0 Å². The normalized spacial score (nSPS) is 44.2. The second-order valence-electron chi connectivity index (χ2n) is 9.90. The van der Waals surface area contributed by atoms with Crippen LogP contribution in [0.25, 0.3) is 0 Å². The number of fused-ring (bicyclic) bond motifs is 5. The van der Waals surface area contributed by atoms with E-state index in [1.54, 1.807) is 17.0 Å². The van der Waals surface area contributed by atoms with Crippen LogP contribution >= 0.6 is 0 Å². The molecule has 0 spiro atoms. The molecule has 6 rings (SSSR count). The Balaban J connectivity index is 1.45. The van der Waals surface area contributed by atoms with Gasteiger partial charge in [-0.1, -0.05) is 32.1 Å². The topological polar surface area (TPSA) is 15.6 Å². The van der Waals surface area contributed by atoms with Crippen molar-refractivity contribution in [1.29, 1.82) is 0 Å². The van der Waals surface area contributed by atoms with Crippen molar-refractivity contribution in [2.45, 2.75) is 58.4 Å². The maximum Gasteiger partial charge on any atom is 0.0585 e. The quantitative estimate of drug-likeness (QED) is 0.634. The number of aliphatic imine (C=N–C) groups is 1. The lowest BCUT2D eigenvalue weighted by molar-refractivity contribution is 0.307. The van der Waals surface area contributed by atoms with Crippen molar-refractivity contribution in [2.24, 2.45) is 40.5 Å². The summed E-state index contributed by atoms with van der Waals surface area (Å²) >= 11 is 0. The van der Waals surface area contributed by atoms with E-state index < -0.39 is 0 Å². The number of dihydropyridines is 1. The summed E-state index contributed by atoms with van der Waals surface area (Å²) in [5.41, 5.74) is 6.72. The van der Waals surface area contributed by atoms with Gasteiger partial charge in [0.2, 0.25) is 0 Å². The molecule has 3 aliphatic heterocycles. The van der Waals surface area contributed by atoms with Crippen LogP contribution < -0.4 is 0 Å². The van der Waals surface area contributed by atoms with Gasteiger partial charge in [0.15, 0.2) is 0 Å². The zero-order chi connectivity index (χ0) is 18.1. The molecule has 0 N–H and O–H groups in total. The highest BCUT2D eigenvalue weighted by atomic mass is 15.2. The summed E-state index contributed by atoms with van der Waals surface area (Å²) in [6, 6.07) is 0.574. The van der Waals surface area contributed by atoms with Crippen molar-refractivity contribution >= 4 is 6.21 Å². The van der Waals surface area contributed by atoms with Crippen LogP contribution in [0.5, 0.6) is 0 Å². The van der Waals surface area contributed by atoms with Crippen LogP contribution in [-0.2, 0) is 0 Å². The number of hydrogen-bond donors (Lipinski definition) is 0. The Morgan fingerprint density at radius 2 is 2.00 bits per heavy atom. The largest absolute Gasteiger partial charge is 0.341 e. The first-order valence-corrected chi connectivity index (χ1v) is 11.3. The molecule has 1 saturated carbocycles. The molecule has 2 heteroatoms. The first kappa shape index (κ1) is 16.4. The molecule has 7 atom stereocenters. The molecule has 0 bridgehead atoms. The van der Waals surface area contributed by atoms with E-state index in [-0.39, 0.29) is 0 Å². The second-order valence-corrected chi connectivity index (χ2v) is 9.90. The van der Waals surface area contributed by atoms with Crippen molar-refractivity contribution in [3.8, 4) is 0 Å². The van der Waals surface area contributed by atoms with Gasteiger partial charge in [-0.2, -0.15) is 0 Å². The third-order valence-electron chi connectivity index (χ3n) is 8.82. The fourth-order valence-corrected chi connectivity index (χ4v) is 6.98. The van der Waals surface area contributed by atoms with Gasteiger partial charge >= 0.3 is 0 Å². The van der Waals surface area contributed by atoms with Crippen LogP contribution in [0.2, 0.25) is 0 Å². The summed E-state index contributed by atoms with van der Waals surface area (Å²) in [5.74, 6) is 5.05.